The SMILES string of the molecule is CCOC(=O)C(N)C(=O)N1CC=C(C)CC1. The monoisotopic (exact) mass is 226 g/mol. The van der Waals surface area contributed by atoms with Gasteiger partial charge in [0.25, 0.3) is 5.91 Å². The minimum absolute atomic E-state index is 0.235. The van der Waals surface area contributed by atoms with Crippen LogP contribution in [0, 0.1) is 0 Å². The summed E-state index contributed by atoms with van der Waals surface area (Å²) in [6, 6.07) is -1.19. The van der Waals surface area contributed by atoms with Crippen molar-refractivity contribution in [1.29, 1.82) is 0 Å². The van der Waals surface area contributed by atoms with Gasteiger partial charge in [0.05, 0.1) is 6.61 Å². The average molecular weight is 226 g/mol. The number of esters is 1. The number of hydrogen-bond donors (Lipinski definition) is 1. The van der Waals surface area contributed by atoms with E-state index >= 15 is 0 Å². The number of nitrogens with two attached hydrogens (primary N) is 1. The molecule has 0 spiro atoms. The third kappa shape index (κ3) is 3.06. The smallest absolute Gasteiger partial charge is 0.332 e. The van der Waals surface area contributed by atoms with Gasteiger partial charge in [-0.2, -0.15) is 0 Å². The zero-order valence-corrected chi connectivity index (χ0v) is 9.73. The fourth-order valence-electron chi connectivity index (χ4n) is 1.50. The summed E-state index contributed by atoms with van der Waals surface area (Å²) in [5.41, 5.74) is 6.78. The zero-order valence-electron chi connectivity index (χ0n) is 9.73. The molecule has 1 aliphatic rings. The Bertz CT molecular complexity index is 312. The van der Waals surface area contributed by atoms with E-state index in [-0.39, 0.29) is 12.5 Å². The molecule has 1 unspecified atom stereocenters. The van der Waals surface area contributed by atoms with E-state index in [9.17, 15) is 9.59 Å². The summed E-state index contributed by atoms with van der Waals surface area (Å²) in [6.45, 7) is 5.08. The van der Waals surface area contributed by atoms with Crippen LogP contribution in [0.15, 0.2) is 11.6 Å². The second kappa shape index (κ2) is 5.65. The minimum Gasteiger partial charge on any atom is -0.464 e. The Labute approximate surface area is 95.2 Å². The molecular weight excluding hydrogens is 208 g/mol. The van der Waals surface area contributed by atoms with E-state index in [2.05, 4.69) is 0 Å². The summed E-state index contributed by atoms with van der Waals surface area (Å²) in [6.07, 6.45) is 2.81. The van der Waals surface area contributed by atoms with Crippen molar-refractivity contribution in [2.75, 3.05) is 19.7 Å². The molecule has 16 heavy (non-hydrogen) atoms. The maximum absolute atomic E-state index is 11.8. The normalized spacial score (nSPS) is 17.7. The molecule has 1 rings (SSSR count). The Morgan fingerprint density at radius 2 is 2.31 bits per heavy atom. The molecule has 0 fully saturated rings. The van der Waals surface area contributed by atoms with Crippen molar-refractivity contribution in [3.05, 3.63) is 11.6 Å². The van der Waals surface area contributed by atoms with Gasteiger partial charge in [-0.05, 0) is 20.3 Å². The summed E-state index contributed by atoms with van der Waals surface area (Å²) >= 11 is 0. The van der Waals surface area contributed by atoms with Gasteiger partial charge in [-0.3, -0.25) is 4.79 Å². The number of hydrogen-bond acceptors (Lipinski definition) is 4. The third-order valence-corrected chi connectivity index (χ3v) is 2.55. The lowest BCUT2D eigenvalue weighted by molar-refractivity contribution is -0.150. The topological polar surface area (TPSA) is 72.6 Å². The van der Waals surface area contributed by atoms with Crippen molar-refractivity contribution < 1.29 is 14.3 Å². The summed E-state index contributed by atoms with van der Waals surface area (Å²) < 4.78 is 4.71. The predicted molar refractivity (Wildman–Crippen MR) is 59.6 cm³/mol. The number of carbonyl (C=O) groups is 2. The minimum atomic E-state index is -1.19. The summed E-state index contributed by atoms with van der Waals surface area (Å²) in [7, 11) is 0. The number of carbonyl (C=O) groups excluding carboxylic acids is 2. The van der Waals surface area contributed by atoms with Crippen LogP contribution in [0.4, 0.5) is 0 Å². The molecule has 0 aromatic heterocycles. The second-order valence-corrected chi connectivity index (χ2v) is 3.81. The Kier molecular flexibility index (Phi) is 4.49. The maximum Gasteiger partial charge on any atom is 0.332 e. The summed E-state index contributed by atoms with van der Waals surface area (Å²) in [5, 5.41) is 0. The first-order valence-electron chi connectivity index (χ1n) is 5.43. The third-order valence-electron chi connectivity index (χ3n) is 2.55. The summed E-state index contributed by atoms with van der Waals surface area (Å²) in [4.78, 5) is 24.7. The summed E-state index contributed by atoms with van der Waals surface area (Å²) in [5.74, 6) is -1.01. The maximum atomic E-state index is 11.8. The molecule has 5 nitrogen and oxygen atoms in total. The highest BCUT2D eigenvalue weighted by molar-refractivity contribution is 6.01. The molecule has 1 heterocycles. The molecule has 0 aliphatic carbocycles. The standard InChI is InChI=1S/C11H18N2O3/c1-3-16-11(15)9(12)10(14)13-6-4-8(2)5-7-13/h4,9H,3,5-7,12H2,1-2H3. The van der Waals surface area contributed by atoms with E-state index in [0.29, 0.717) is 13.1 Å². The molecule has 0 saturated heterocycles. The van der Waals surface area contributed by atoms with Crippen molar-refractivity contribution in [3.63, 3.8) is 0 Å². The van der Waals surface area contributed by atoms with Crippen LogP contribution in [0.5, 0.6) is 0 Å². The lowest BCUT2D eigenvalue weighted by Crippen LogP contribution is -2.50. The molecule has 0 saturated carbocycles. The van der Waals surface area contributed by atoms with Gasteiger partial charge in [0.1, 0.15) is 0 Å². The lowest BCUT2D eigenvalue weighted by atomic mass is 10.1. The highest BCUT2D eigenvalue weighted by atomic mass is 16.5. The first-order valence-corrected chi connectivity index (χ1v) is 5.43. The van der Waals surface area contributed by atoms with Gasteiger partial charge in [-0.15, -0.1) is 0 Å². The molecule has 90 valence electrons. The van der Waals surface area contributed by atoms with Crippen LogP contribution >= 0.6 is 0 Å². The second-order valence-electron chi connectivity index (χ2n) is 3.81. The number of nitrogens with zero attached hydrogens (tertiary/aromatic N) is 1. The van der Waals surface area contributed by atoms with Crippen molar-refractivity contribution in [1.82, 2.24) is 4.90 Å². The Morgan fingerprint density at radius 1 is 1.62 bits per heavy atom. The van der Waals surface area contributed by atoms with Gasteiger partial charge in [0.2, 0.25) is 0 Å². The molecule has 1 amide bonds. The molecular formula is C11H18N2O3. The predicted octanol–water partition coefficient (Wildman–Crippen LogP) is 0.0554. The first kappa shape index (κ1) is 12.7. The van der Waals surface area contributed by atoms with Crippen LogP contribution in [0.2, 0.25) is 0 Å². The molecule has 1 aliphatic heterocycles. The van der Waals surface area contributed by atoms with E-state index in [4.69, 9.17) is 10.5 Å². The molecule has 0 aromatic carbocycles. The van der Waals surface area contributed by atoms with Gasteiger partial charge < -0.3 is 15.4 Å². The highest BCUT2D eigenvalue weighted by Crippen LogP contribution is 2.10. The number of ether oxygens (including phenoxy) is 1. The highest BCUT2D eigenvalue weighted by Gasteiger charge is 2.28. The van der Waals surface area contributed by atoms with Crippen LogP contribution in [0.1, 0.15) is 20.3 Å². The van der Waals surface area contributed by atoms with E-state index in [1.165, 1.54) is 5.57 Å². The van der Waals surface area contributed by atoms with Crippen LogP contribution in [0.25, 0.3) is 0 Å². The van der Waals surface area contributed by atoms with Crippen molar-refractivity contribution in [2.24, 2.45) is 5.73 Å². The van der Waals surface area contributed by atoms with Crippen molar-refractivity contribution in [3.8, 4) is 0 Å². The quantitative estimate of drug-likeness (QED) is 0.419. The number of amides is 1. The Balaban J connectivity index is 2.54. The van der Waals surface area contributed by atoms with Crippen LogP contribution in [-0.2, 0) is 14.3 Å². The fourth-order valence-corrected chi connectivity index (χ4v) is 1.50. The van der Waals surface area contributed by atoms with Crippen LogP contribution < -0.4 is 5.73 Å². The molecule has 0 aromatic rings. The molecule has 0 radical (unpaired) electrons. The van der Waals surface area contributed by atoms with Gasteiger partial charge in [-0.25, -0.2) is 4.79 Å². The molecule has 0 bridgehead atoms. The van der Waals surface area contributed by atoms with Crippen LogP contribution in [-0.4, -0.2) is 42.5 Å². The fraction of sp³-hybridized carbons (Fsp3) is 0.636. The van der Waals surface area contributed by atoms with Gasteiger partial charge in [0, 0.05) is 13.1 Å². The van der Waals surface area contributed by atoms with E-state index in [0.717, 1.165) is 6.42 Å². The molecule has 1 atom stereocenters. The zero-order chi connectivity index (χ0) is 12.1. The van der Waals surface area contributed by atoms with Crippen molar-refractivity contribution >= 4 is 11.9 Å². The van der Waals surface area contributed by atoms with E-state index < -0.39 is 12.0 Å². The molecule has 5 heteroatoms. The van der Waals surface area contributed by atoms with E-state index in [1.54, 1.807) is 11.8 Å². The average Bonchev–Trinajstić information content (AvgIpc) is 2.28. The first-order chi connectivity index (χ1) is 7.56. The Morgan fingerprint density at radius 3 is 2.81 bits per heavy atom. The van der Waals surface area contributed by atoms with E-state index in [1.807, 2.05) is 13.0 Å². The largest absolute Gasteiger partial charge is 0.464 e. The van der Waals surface area contributed by atoms with Gasteiger partial charge in [-0.1, -0.05) is 11.6 Å². The van der Waals surface area contributed by atoms with Crippen LogP contribution in [0.3, 0.4) is 0 Å². The van der Waals surface area contributed by atoms with Crippen molar-refractivity contribution in [2.45, 2.75) is 26.3 Å². The lowest BCUT2D eigenvalue weighted by Gasteiger charge is -2.27. The van der Waals surface area contributed by atoms with Gasteiger partial charge in [0.15, 0.2) is 6.04 Å². The Hall–Kier alpha value is -1.36. The number of rotatable bonds is 3. The van der Waals surface area contributed by atoms with Gasteiger partial charge >= 0.3 is 5.97 Å². The molecule has 2 N–H and O–H groups in total.